The maximum absolute atomic E-state index is 11.0. The molecule has 84 valence electrons. The van der Waals surface area contributed by atoms with Gasteiger partial charge >= 0.3 is 6.16 Å². The molecule has 0 saturated heterocycles. The van der Waals surface area contributed by atoms with Crippen LogP contribution < -0.4 is 4.74 Å². The first kappa shape index (κ1) is 11.7. The van der Waals surface area contributed by atoms with Crippen LogP contribution in [0, 0.1) is 10.1 Å². The predicted molar refractivity (Wildman–Crippen MR) is 55.0 cm³/mol. The molecule has 0 atom stereocenters. The number of nitro groups is 1. The number of carbonyl (C=O) groups excluding carboxylic acids is 1. The Labute approximate surface area is 91.2 Å². The predicted octanol–water partition coefficient (Wildman–Crippen LogP) is 2.64. The van der Waals surface area contributed by atoms with Gasteiger partial charge < -0.3 is 9.47 Å². The number of hydrogen-bond acceptors (Lipinski definition) is 5. The van der Waals surface area contributed by atoms with E-state index >= 15 is 0 Å². The molecular weight excluding hydrogens is 214 g/mol. The van der Waals surface area contributed by atoms with Crippen molar-refractivity contribution in [1.29, 1.82) is 0 Å². The van der Waals surface area contributed by atoms with Crippen molar-refractivity contribution in [2.24, 2.45) is 0 Å². The molecule has 6 nitrogen and oxygen atoms in total. The molecule has 0 aliphatic carbocycles. The quantitative estimate of drug-likeness (QED) is 0.259. The van der Waals surface area contributed by atoms with Crippen LogP contribution in [-0.4, -0.2) is 11.1 Å². The van der Waals surface area contributed by atoms with Crippen LogP contribution in [0.4, 0.5) is 10.5 Å². The van der Waals surface area contributed by atoms with E-state index in [1.54, 1.807) is 0 Å². The molecule has 0 fully saturated rings. The minimum absolute atomic E-state index is 0.0828. The summed E-state index contributed by atoms with van der Waals surface area (Å²) in [7, 11) is 0. The number of rotatable bonds is 3. The van der Waals surface area contributed by atoms with Gasteiger partial charge in [-0.2, -0.15) is 0 Å². The fourth-order valence-electron chi connectivity index (χ4n) is 0.895. The summed E-state index contributed by atoms with van der Waals surface area (Å²) in [6.45, 7) is 4.86. The molecule has 16 heavy (non-hydrogen) atoms. The Morgan fingerprint density at radius 1 is 1.38 bits per heavy atom. The molecule has 0 spiro atoms. The van der Waals surface area contributed by atoms with Crippen molar-refractivity contribution in [3.63, 3.8) is 0 Å². The van der Waals surface area contributed by atoms with Crippen LogP contribution >= 0.6 is 0 Å². The van der Waals surface area contributed by atoms with Crippen molar-refractivity contribution >= 4 is 11.8 Å². The van der Waals surface area contributed by atoms with Crippen LogP contribution in [0.3, 0.4) is 0 Å². The molecule has 0 N–H and O–H groups in total. The third kappa shape index (κ3) is 3.41. The van der Waals surface area contributed by atoms with E-state index in [0.29, 0.717) is 0 Å². The van der Waals surface area contributed by atoms with Gasteiger partial charge in [0.2, 0.25) is 0 Å². The van der Waals surface area contributed by atoms with Gasteiger partial charge in [0.05, 0.1) is 4.92 Å². The molecule has 1 aromatic carbocycles. The van der Waals surface area contributed by atoms with E-state index in [-0.39, 0.29) is 17.2 Å². The Kier molecular flexibility index (Phi) is 3.60. The van der Waals surface area contributed by atoms with Gasteiger partial charge in [0.1, 0.15) is 11.5 Å². The van der Waals surface area contributed by atoms with Crippen LogP contribution in [0.1, 0.15) is 6.92 Å². The van der Waals surface area contributed by atoms with Gasteiger partial charge in [0.25, 0.3) is 5.69 Å². The number of ether oxygens (including phenoxy) is 2. The Balaban J connectivity index is 2.65. The topological polar surface area (TPSA) is 78.7 Å². The lowest BCUT2D eigenvalue weighted by molar-refractivity contribution is -0.384. The summed E-state index contributed by atoms with van der Waals surface area (Å²) >= 11 is 0. The third-order valence-electron chi connectivity index (χ3n) is 1.51. The second kappa shape index (κ2) is 4.92. The van der Waals surface area contributed by atoms with Crippen LogP contribution in [-0.2, 0) is 4.74 Å². The van der Waals surface area contributed by atoms with Gasteiger partial charge in [-0.15, -0.1) is 0 Å². The summed E-state index contributed by atoms with van der Waals surface area (Å²) in [6, 6.07) is 5.06. The monoisotopic (exact) mass is 223 g/mol. The minimum Gasteiger partial charge on any atom is -0.400 e. The van der Waals surface area contributed by atoms with Gasteiger partial charge in [0.15, 0.2) is 0 Å². The molecular formula is C10H9NO5. The van der Waals surface area contributed by atoms with E-state index in [0.717, 1.165) is 0 Å². The third-order valence-corrected chi connectivity index (χ3v) is 1.51. The van der Waals surface area contributed by atoms with Gasteiger partial charge in [-0.3, -0.25) is 10.1 Å². The summed E-state index contributed by atoms with van der Waals surface area (Å²) in [4.78, 5) is 20.8. The number of non-ortho nitro benzene ring substituents is 1. The smallest absolute Gasteiger partial charge is 0.400 e. The second-order valence-corrected chi connectivity index (χ2v) is 2.91. The maximum Gasteiger partial charge on any atom is 0.519 e. The number of carbonyl (C=O) groups is 1. The summed E-state index contributed by atoms with van der Waals surface area (Å²) < 4.78 is 9.26. The standard InChI is InChI=1S/C10H9NO5/c1-7(2)15-10(12)16-9-5-3-8(4-6-9)11(13)14/h3-6H,1H2,2H3. The first-order valence-corrected chi connectivity index (χ1v) is 4.28. The highest BCUT2D eigenvalue weighted by molar-refractivity contribution is 5.65. The number of hydrogen-bond donors (Lipinski definition) is 0. The molecule has 0 aromatic heterocycles. The van der Waals surface area contributed by atoms with Crippen molar-refractivity contribution in [3.8, 4) is 5.75 Å². The highest BCUT2D eigenvalue weighted by Crippen LogP contribution is 2.17. The van der Waals surface area contributed by atoms with Crippen molar-refractivity contribution in [2.75, 3.05) is 0 Å². The van der Waals surface area contributed by atoms with Gasteiger partial charge in [-0.1, -0.05) is 6.58 Å². The van der Waals surface area contributed by atoms with E-state index in [1.165, 1.54) is 31.2 Å². The fourth-order valence-corrected chi connectivity index (χ4v) is 0.895. The first-order valence-electron chi connectivity index (χ1n) is 4.28. The van der Waals surface area contributed by atoms with Crippen molar-refractivity contribution in [2.45, 2.75) is 6.92 Å². The summed E-state index contributed by atoms with van der Waals surface area (Å²) in [5.41, 5.74) is -0.0828. The van der Waals surface area contributed by atoms with Crippen molar-refractivity contribution < 1.29 is 19.2 Å². The average Bonchev–Trinajstić information content (AvgIpc) is 2.16. The number of nitro benzene ring substituents is 1. The van der Waals surface area contributed by atoms with Crippen LogP contribution in [0.5, 0.6) is 5.75 Å². The summed E-state index contributed by atoms with van der Waals surface area (Å²) in [5, 5.41) is 10.3. The zero-order valence-corrected chi connectivity index (χ0v) is 8.50. The summed E-state index contributed by atoms with van der Waals surface area (Å²) in [5.74, 6) is 0.365. The molecule has 0 heterocycles. The fraction of sp³-hybridized carbons (Fsp3) is 0.100. The molecule has 0 amide bonds. The number of allylic oxidation sites excluding steroid dienone is 1. The van der Waals surface area contributed by atoms with Gasteiger partial charge in [-0.25, -0.2) is 4.79 Å². The van der Waals surface area contributed by atoms with E-state index in [4.69, 9.17) is 4.74 Å². The van der Waals surface area contributed by atoms with E-state index < -0.39 is 11.1 Å². The lowest BCUT2D eigenvalue weighted by Gasteiger charge is -2.03. The lowest BCUT2D eigenvalue weighted by Crippen LogP contribution is -2.08. The minimum atomic E-state index is -0.929. The zero-order valence-electron chi connectivity index (χ0n) is 8.50. The molecule has 0 aliphatic rings. The highest BCUT2D eigenvalue weighted by Gasteiger charge is 2.09. The average molecular weight is 223 g/mol. The van der Waals surface area contributed by atoms with E-state index in [2.05, 4.69) is 11.3 Å². The Morgan fingerprint density at radius 2 is 1.94 bits per heavy atom. The molecule has 1 aromatic rings. The van der Waals surface area contributed by atoms with E-state index in [9.17, 15) is 14.9 Å². The van der Waals surface area contributed by atoms with Crippen LogP contribution in [0.15, 0.2) is 36.6 Å². The van der Waals surface area contributed by atoms with E-state index in [1.807, 2.05) is 0 Å². The van der Waals surface area contributed by atoms with Crippen LogP contribution in [0.2, 0.25) is 0 Å². The normalized spacial score (nSPS) is 9.31. The van der Waals surface area contributed by atoms with Crippen molar-refractivity contribution in [3.05, 3.63) is 46.7 Å². The molecule has 0 saturated carbocycles. The molecule has 0 aliphatic heterocycles. The Hall–Kier alpha value is -2.37. The van der Waals surface area contributed by atoms with Gasteiger partial charge in [0, 0.05) is 12.1 Å². The SMILES string of the molecule is C=C(C)OC(=O)Oc1ccc([N+](=O)[O-])cc1. The molecule has 1 rings (SSSR count). The number of nitrogens with zero attached hydrogens (tertiary/aromatic N) is 1. The second-order valence-electron chi connectivity index (χ2n) is 2.91. The maximum atomic E-state index is 11.0. The number of benzene rings is 1. The van der Waals surface area contributed by atoms with Crippen LogP contribution in [0.25, 0.3) is 0 Å². The summed E-state index contributed by atoms with van der Waals surface area (Å²) in [6.07, 6.45) is -0.929. The molecule has 0 bridgehead atoms. The Morgan fingerprint density at radius 3 is 2.38 bits per heavy atom. The molecule has 6 heteroatoms. The first-order chi connectivity index (χ1) is 7.49. The lowest BCUT2D eigenvalue weighted by atomic mass is 10.3. The largest absolute Gasteiger partial charge is 0.519 e. The Bertz CT molecular complexity index is 423. The molecule has 0 unspecified atom stereocenters. The highest BCUT2D eigenvalue weighted by atomic mass is 16.7. The van der Waals surface area contributed by atoms with Gasteiger partial charge in [-0.05, 0) is 19.1 Å². The zero-order chi connectivity index (χ0) is 12.1. The molecule has 0 radical (unpaired) electrons. The van der Waals surface area contributed by atoms with Crippen molar-refractivity contribution in [1.82, 2.24) is 0 Å².